The van der Waals surface area contributed by atoms with Crippen LogP contribution in [-0.2, 0) is 4.79 Å². The topological polar surface area (TPSA) is 72.8 Å². The number of nitrogens with zero attached hydrogens (tertiary/aromatic N) is 1. The van der Waals surface area contributed by atoms with Crippen LogP contribution in [0.5, 0.6) is 0 Å². The van der Waals surface area contributed by atoms with E-state index >= 15 is 0 Å². The molecule has 2 fully saturated rings. The summed E-state index contributed by atoms with van der Waals surface area (Å²) in [5.41, 5.74) is -0.641. The van der Waals surface area contributed by atoms with Gasteiger partial charge < -0.3 is 20.4 Å². The van der Waals surface area contributed by atoms with Gasteiger partial charge in [0.1, 0.15) is 0 Å². The third-order valence-electron chi connectivity index (χ3n) is 3.78. The first kappa shape index (κ1) is 12.8. The van der Waals surface area contributed by atoms with Crippen LogP contribution in [0.25, 0.3) is 0 Å². The fourth-order valence-electron chi connectivity index (χ4n) is 2.61. The second kappa shape index (κ2) is 4.92. The molecule has 0 spiro atoms. The molecule has 98 valence electrons. The summed E-state index contributed by atoms with van der Waals surface area (Å²) in [6.07, 6.45) is 2.32. The van der Waals surface area contributed by atoms with Crippen molar-refractivity contribution in [1.29, 1.82) is 0 Å². The molecule has 5 nitrogen and oxygen atoms in total. The van der Waals surface area contributed by atoms with Gasteiger partial charge in [-0.15, -0.1) is 0 Å². The lowest BCUT2D eigenvalue weighted by atomic mass is 9.98. The molecule has 1 amide bonds. The van der Waals surface area contributed by atoms with Gasteiger partial charge in [0.2, 0.25) is 5.91 Å². The summed E-state index contributed by atoms with van der Waals surface area (Å²) < 4.78 is 0. The molecule has 17 heavy (non-hydrogen) atoms. The molecule has 2 rings (SSSR count). The van der Waals surface area contributed by atoms with Gasteiger partial charge in [0.25, 0.3) is 0 Å². The Morgan fingerprint density at radius 3 is 2.82 bits per heavy atom. The average molecular weight is 242 g/mol. The zero-order chi connectivity index (χ0) is 12.5. The minimum Gasteiger partial charge on any atom is -0.392 e. The zero-order valence-corrected chi connectivity index (χ0v) is 10.4. The van der Waals surface area contributed by atoms with E-state index in [1.54, 1.807) is 0 Å². The predicted molar refractivity (Wildman–Crippen MR) is 63.5 cm³/mol. The van der Waals surface area contributed by atoms with E-state index in [2.05, 4.69) is 5.32 Å². The van der Waals surface area contributed by atoms with Crippen molar-refractivity contribution in [3.63, 3.8) is 0 Å². The van der Waals surface area contributed by atoms with E-state index in [0.29, 0.717) is 32.5 Å². The molecule has 3 unspecified atom stereocenters. The summed E-state index contributed by atoms with van der Waals surface area (Å²) in [4.78, 5) is 14.0. The monoisotopic (exact) mass is 242 g/mol. The van der Waals surface area contributed by atoms with Gasteiger partial charge in [0.15, 0.2) is 0 Å². The van der Waals surface area contributed by atoms with Crippen LogP contribution in [0.1, 0.15) is 32.6 Å². The normalized spacial score (nSPS) is 39.1. The molecule has 5 heteroatoms. The maximum absolute atomic E-state index is 12.2. The number of aliphatic hydroxyl groups is 2. The molecule has 3 atom stereocenters. The molecule has 0 aromatic carbocycles. The van der Waals surface area contributed by atoms with E-state index in [9.17, 15) is 15.0 Å². The van der Waals surface area contributed by atoms with Crippen LogP contribution >= 0.6 is 0 Å². The van der Waals surface area contributed by atoms with Gasteiger partial charge in [0.05, 0.1) is 17.7 Å². The molecule has 0 saturated carbocycles. The Labute approximate surface area is 102 Å². The van der Waals surface area contributed by atoms with E-state index < -0.39 is 11.7 Å². The molecule has 2 aliphatic heterocycles. The van der Waals surface area contributed by atoms with Gasteiger partial charge in [-0.1, -0.05) is 0 Å². The molecule has 0 radical (unpaired) electrons. The molecule has 2 heterocycles. The molecular formula is C12H22N2O3. The summed E-state index contributed by atoms with van der Waals surface area (Å²) >= 11 is 0. The highest BCUT2D eigenvalue weighted by molar-refractivity contribution is 5.82. The highest BCUT2D eigenvalue weighted by atomic mass is 16.3. The third kappa shape index (κ3) is 3.18. The van der Waals surface area contributed by atoms with E-state index in [-0.39, 0.29) is 11.9 Å². The number of β-amino-alcohol motifs (C(OH)–C–C–N with tert-alkyl or cyclic N) is 1. The fraction of sp³-hybridized carbons (Fsp3) is 0.917. The number of nitrogens with one attached hydrogen (secondary N) is 1. The second-order valence-electron chi connectivity index (χ2n) is 5.53. The van der Waals surface area contributed by atoms with Gasteiger partial charge in [-0.05, 0) is 32.6 Å². The first-order valence-corrected chi connectivity index (χ1v) is 6.40. The lowest BCUT2D eigenvalue weighted by molar-refractivity contribution is -0.133. The Bertz CT molecular complexity index is 293. The quantitative estimate of drug-likeness (QED) is 0.578. The second-order valence-corrected chi connectivity index (χ2v) is 5.53. The highest BCUT2D eigenvalue weighted by Gasteiger charge is 2.33. The number of carbonyl (C=O) groups is 1. The van der Waals surface area contributed by atoms with Gasteiger partial charge in [-0.2, -0.15) is 0 Å². The molecule has 0 aromatic heterocycles. The van der Waals surface area contributed by atoms with E-state index in [1.807, 2.05) is 11.8 Å². The Morgan fingerprint density at radius 2 is 2.18 bits per heavy atom. The van der Waals surface area contributed by atoms with Crippen LogP contribution in [-0.4, -0.2) is 58.4 Å². The number of hydrogen-bond donors (Lipinski definition) is 3. The number of aliphatic hydroxyl groups excluding tert-OH is 1. The van der Waals surface area contributed by atoms with Crippen LogP contribution in [0, 0.1) is 0 Å². The van der Waals surface area contributed by atoms with Crippen molar-refractivity contribution in [2.75, 3.05) is 19.6 Å². The van der Waals surface area contributed by atoms with Crippen molar-refractivity contribution >= 4 is 5.91 Å². The number of carbonyl (C=O) groups excluding carboxylic acids is 1. The minimum atomic E-state index is -0.641. The summed E-state index contributed by atoms with van der Waals surface area (Å²) in [5, 5.41) is 22.4. The van der Waals surface area contributed by atoms with Gasteiger partial charge in [-0.25, -0.2) is 0 Å². The molecular weight excluding hydrogens is 220 g/mol. The largest absolute Gasteiger partial charge is 0.392 e. The Hall–Kier alpha value is -0.650. The predicted octanol–water partition coefficient (Wildman–Crippen LogP) is -0.527. The van der Waals surface area contributed by atoms with Crippen molar-refractivity contribution in [2.45, 2.75) is 50.4 Å². The average Bonchev–Trinajstić information content (AvgIpc) is 2.60. The van der Waals surface area contributed by atoms with Gasteiger partial charge in [-0.3, -0.25) is 4.79 Å². The van der Waals surface area contributed by atoms with Gasteiger partial charge >= 0.3 is 0 Å². The maximum atomic E-state index is 12.2. The molecule has 0 aliphatic carbocycles. The molecule has 0 bridgehead atoms. The SMILES string of the molecule is CC1(O)CCCN(C(=O)C2CC(O)CN2)CC1. The van der Waals surface area contributed by atoms with Crippen molar-refractivity contribution in [1.82, 2.24) is 10.2 Å². The summed E-state index contributed by atoms with van der Waals surface area (Å²) in [6.45, 7) is 3.66. The number of rotatable bonds is 1. The van der Waals surface area contributed by atoms with Gasteiger partial charge in [0, 0.05) is 19.6 Å². The first-order valence-electron chi connectivity index (χ1n) is 6.40. The lowest BCUT2D eigenvalue weighted by Crippen LogP contribution is -2.44. The van der Waals surface area contributed by atoms with E-state index in [0.717, 1.165) is 12.8 Å². The third-order valence-corrected chi connectivity index (χ3v) is 3.78. The lowest BCUT2D eigenvalue weighted by Gasteiger charge is -2.25. The number of hydrogen-bond acceptors (Lipinski definition) is 4. The summed E-state index contributed by atoms with van der Waals surface area (Å²) in [5.74, 6) is 0.0688. The van der Waals surface area contributed by atoms with Crippen molar-refractivity contribution in [2.24, 2.45) is 0 Å². The highest BCUT2D eigenvalue weighted by Crippen LogP contribution is 2.22. The molecule has 3 N–H and O–H groups in total. The first-order chi connectivity index (χ1) is 7.98. The Morgan fingerprint density at radius 1 is 1.41 bits per heavy atom. The Balaban J connectivity index is 1.91. The van der Waals surface area contributed by atoms with Crippen LogP contribution in [0.4, 0.5) is 0 Å². The smallest absolute Gasteiger partial charge is 0.239 e. The molecule has 2 saturated heterocycles. The number of amides is 1. The minimum absolute atomic E-state index is 0.0688. The molecule has 2 aliphatic rings. The van der Waals surface area contributed by atoms with E-state index in [4.69, 9.17) is 0 Å². The maximum Gasteiger partial charge on any atom is 0.239 e. The van der Waals surface area contributed by atoms with Crippen LogP contribution < -0.4 is 5.32 Å². The summed E-state index contributed by atoms with van der Waals surface area (Å²) in [6, 6.07) is -0.243. The number of likely N-dealkylation sites (tertiary alicyclic amines) is 1. The standard InChI is InChI=1S/C12H22N2O3/c1-12(17)3-2-5-14(6-4-12)11(16)10-7-9(15)8-13-10/h9-10,13,15,17H,2-8H2,1H3. The zero-order valence-electron chi connectivity index (χ0n) is 10.4. The van der Waals surface area contributed by atoms with Crippen LogP contribution in [0.15, 0.2) is 0 Å². The van der Waals surface area contributed by atoms with Crippen LogP contribution in [0.3, 0.4) is 0 Å². The summed E-state index contributed by atoms with van der Waals surface area (Å²) in [7, 11) is 0. The Kier molecular flexibility index (Phi) is 3.70. The van der Waals surface area contributed by atoms with E-state index in [1.165, 1.54) is 0 Å². The molecule has 0 aromatic rings. The van der Waals surface area contributed by atoms with Crippen molar-refractivity contribution in [3.8, 4) is 0 Å². The van der Waals surface area contributed by atoms with Crippen molar-refractivity contribution in [3.05, 3.63) is 0 Å². The van der Waals surface area contributed by atoms with Crippen LogP contribution in [0.2, 0.25) is 0 Å². The van der Waals surface area contributed by atoms with Crippen molar-refractivity contribution < 1.29 is 15.0 Å². The fourth-order valence-corrected chi connectivity index (χ4v) is 2.61.